The van der Waals surface area contributed by atoms with Crippen molar-refractivity contribution in [3.8, 4) is 0 Å². The second kappa shape index (κ2) is 6.76. The Morgan fingerprint density at radius 3 is 2.60 bits per heavy atom. The molecule has 0 spiro atoms. The lowest BCUT2D eigenvalue weighted by Crippen LogP contribution is -2.21. The van der Waals surface area contributed by atoms with Crippen LogP contribution in [0, 0.1) is 6.92 Å². The van der Waals surface area contributed by atoms with Crippen molar-refractivity contribution in [2.24, 2.45) is 0 Å². The maximum atomic E-state index is 4.69. The maximum absolute atomic E-state index is 4.69. The van der Waals surface area contributed by atoms with Crippen LogP contribution >= 0.6 is 0 Å². The molecule has 3 aromatic heterocycles. The Morgan fingerprint density at radius 2 is 1.84 bits per heavy atom. The lowest BCUT2D eigenvalue weighted by molar-refractivity contribution is 0.705. The minimum Gasteiger partial charge on any atom is -0.355 e. The van der Waals surface area contributed by atoms with Gasteiger partial charge < -0.3 is 10.2 Å². The molecule has 1 saturated heterocycles. The first-order valence-electron chi connectivity index (χ1n) is 8.17. The third-order valence-corrected chi connectivity index (χ3v) is 4.12. The van der Waals surface area contributed by atoms with Crippen LogP contribution in [0.3, 0.4) is 0 Å². The Hall–Kier alpha value is -3.16. The first kappa shape index (κ1) is 15.4. The van der Waals surface area contributed by atoms with Crippen molar-refractivity contribution in [1.82, 2.24) is 29.9 Å². The Balaban J connectivity index is 1.53. The molecule has 3 aromatic rings. The lowest BCUT2D eigenvalue weighted by atomic mass is 10.1. The van der Waals surface area contributed by atoms with Crippen LogP contribution < -0.4 is 10.2 Å². The Bertz CT molecular complexity index is 840. The summed E-state index contributed by atoms with van der Waals surface area (Å²) in [6.07, 6.45) is 11.1. The zero-order valence-corrected chi connectivity index (χ0v) is 13.9. The number of aryl methyl sites for hydroxylation is 1. The molecule has 4 rings (SSSR count). The average molecular weight is 334 g/mol. The molecule has 0 aliphatic carbocycles. The summed E-state index contributed by atoms with van der Waals surface area (Å²) in [4.78, 5) is 28.3. The highest BCUT2D eigenvalue weighted by Gasteiger charge is 2.27. The summed E-state index contributed by atoms with van der Waals surface area (Å²) in [7, 11) is 0. The standard InChI is InChI=1S/C17H18N8/c1-12-8-14(23-15-9-18-3-5-20-15)24-17(22-12)13-2-7-25(11-13)16-10-19-4-6-21-16/h3-6,8-10,13H,2,7,11H2,1H3,(H,20,22,23,24). The molecule has 1 aliphatic rings. The van der Waals surface area contributed by atoms with Crippen molar-refractivity contribution in [2.75, 3.05) is 23.3 Å². The molecule has 1 N–H and O–H groups in total. The second-order valence-corrected chi connectivity index (χ2v) is 5.96. The van der Waals surface area contributed by atoms with Gasteiger partial charge in [-0.2, -0.15) is 0 Å². The van der Waals surface area contributed by atoms with E-state index in [1.165, 1.54) is 0 Å². The molecule has 0 saturated carbocycles. The summed E-state index contributed by atoms with van der Waals surface area (Å²) < 4.78 is 0. The van der Waals surface area contributed by atoms with E-state index in [0.717, 1.165) is 42.7 Å². The van der Waals surface area contributed by atoms with Gasteiger partial charge in [-0.15, -0.1) is 0 Å². The Labute approximate surface area is 145 Å². The summed E-state index contributed by atoms with van der Waals surface area (Å²) in [6, 6.07) is 1.91. The van der Waals surface area contributed by atoms with Crippen LogP contribution in [0.25, 0.3) is 0 Å². The molecular formula is C17H18N8. The first-order chi connectivity index (χ1) is 12.3. The van der Waals surface area contributed by atoms with Crippen molar-refractivity contribution >= 4 is 17.5 Å². The van der Waals surface area contributed by atoms with Crippen molar-refractivity contribution in [3.05, 3.63) is 54.8 Å². The van der Waals surface area contributed by atoms with Gasteiger partial charge in [0.25, 0.3) is 0 Å². The molecule has 8 heteroatoms. The van der Waals surface area contributed by atoms with Gasteiger partial charge in [-0.3, -0.25) is 9.97 Å². The van der Waals surface area contributed by atoms with Crippen molar-refractivity contribution in [1.29, 1.82) is 0 Å². The molecule has 1 aliphatic heterocycles. The zero-order valence-electron chi connectivity index (χ0n) is 13.9. The fourth-order valence-corrected chi connectivity index (χ4v) is 2.97. The van der Waals surface area contributed by atoms with Crippen LogP contribution in [0.15, 0.2) is 43.2 Å². The smallest absolute Gasteiger partial charge is 0.150 e. The van der Waals surface area contributed by atoms with E-state index in [2.05, 4.69) is 40.1 Å². The number of hydrogen-bond donors (Lipinski definition) is 1. The topological polar surface area (TPSA) is 92.6 Å². The van der Waals surface area contributed by atoms with E-state index in [1.54, 1.807) is 37.2 Å². The maximum Gasteiger partial charge on any atom is 0.150 e. The number of rotatable bonds is 4. The summed E-state index contributed by atoms with van der Waals surface area (Å²) in [5.41, 5.74) is 0.925. The van der Waals surface area contributed by atoms with Crippen molar-refractivity contribution < 1.29 is 0 Å². The third kappa shape index (κ3) is 3.52. The summed E-state index contributed by atoms with van der Waals surface area (Å²) in [6.45, 7) is 3.74. The van der Waals surface area contributed by atoms with E-state index in [4.69, 9.17) is 0 Å². The van der Waals surface area contributed by atoms with Gasteiger partial charge in [0.2, 0.25) is 0 Å². The minimum atomic E-state index is 0.268. The molecule has 1 fully saturated rings. The van der Waals surface area contributed by atoms with Gasteiger partial charge in [0.05, 0.1) is 12.4 Å². The molecule has 0 amide bonds. The third-order valence-electron chi connectivity index (χ3n) is 4.12. The normalized spacial score (nSPS) is 16.8. The highest BCUT2D eigenvalue weighted by Crippen LogP contribution is 2.28. The quantitative estimate of drug-likeness (QED) is 0.775. The van der Waals surface area contributed by atoms with E-state index < -0.39 is 0 Å². The molecule has 25 heavy (non-hydrogen) atoms. The van der Waals surface area contributed by atoms with Crippen LogP contribution in [0.4, 0.5) is 17.5 Å². The SMILES string of the molecule is Cc1cc(Nc2cnccn2)nc(C2CCN(c3cnccn3)C2)n1. The number of nitrogens with zero attached hydrogens (tertiary/aromatic N) is 7. The Morgan fingerprint density at radius 1 is 1.00 bits per heavy atom. The zero-order chi connectivity index (χ0) is 17.1. The molecular weight excluding hydrogens is 316 g/mol. The number of hydrogen-bond acceptors (Lipinski definition) is 8. The molecule has 8 nitrogen and oxygen atoms in total. The average Bonchev–Trinajstić information content (AvgIpc) is 3.13. The van der Waals surface area contributed by atoms with Gasteiger partial charge in [-0.1, -0.05) is 0 Å². The molecule has 1 atom stereocenters. The molecule has 0 bridgehead atoms. The van der Waals surface area contributed by atoms with Gasteiger partial charge in [0, 0.05) is 55.6 Å². The van der Waals surface area contributed by atoms with Crippen LogP contribution in [0.2, 0.25) is 0 Å². The van der Waals surface area contributed by atoms with Gasteiger partial charge in [-0.25, -0.2) is 19.9 Å². The lowest BCUT2D eigenvalue weighted by Gasteiger charge is -2.16. The molecule has 4 heterocycles. The first-order valence-corrected chi connectivity index (χ1v) is 8.17. The fourth-order valence-electron chi connectivity index (χ4n) is 2.97. The molecule has 126 valence electrons. The molecule has 0 aromatic carbocycles. The van der Waals surface area contributed by atoms with Gasteiger partial charge in [-0.05, 0) is 13.3 Å². The fraction of sp³-hybridized carbons (Fsp3) is 0.294. The van der Waals surface area contributed by atoms with Crippen molar-refractivity contribution in [2.45, 2.75) is 19.3 Å². The van der Waals surface area contributed by atoms with Gasteiger partial charge >= 0.3 is 0 Å². The van der Waals surface area contributed by atoms with E-state index in [9.17, 15) is 0 Å². The number of nitrogens with one attached hydrogen (secondary N) is 1. The van der Waals surface area contributed by atoms with Crippen LogP contribution in [-0.4, -0.2) is 43.0 Å². The summed E-state index contributed by atoms with van der Waals surface area (Å²) >= 11 is 0. The predicted octanol–water partition coefficient (Wildman–Crippen LogP) is 2.10. The van der Waals surface area contributed by atoms with Crippen molar-refractivity contribution in [3.63, 3.8) is 0 Å². The van der Waals surface area contributed by atoms with E-state index in [0.29, 0.717) is 5.82 Å². The van der Waals surface area contributed by atoms with Crippen LogP contribution in [0.1, 0.15) is 23.9 Å². The predicted molar refractivity (Wildman–Crippen MR) is 93.7 cm³/mol. The van der Waals surface area contributed by atoms with E-state index >= 15 is 0 Å². The van der Waals surface area contributed by atoms with Gasteiger partial charge in [0.15, 0.2) is 0 Å². The van der Waals surface area contributed by atoms with Crippen LogP contribution in [-0.2, 0) is 0 Å². The highest BCUT2D eigenvalue weighted by atomic mass is 15.2. The minimum absolute atomic E-state index is 0.268. The van der Waals surface area contributed by atoms with E-state index in [-0.39, 0.29) is 5.92 Å². The highest BCUT2D eigenvalue weighted by molar-refractivity contribution is 5.50. The number of aromatic nitrogens is 6. The Kier molecular flexibility index (Phi) is 4.16. The monoisotopic (exact) mass is 334 g/mol. The molecule has 1 unspecified atom stereocenters. The van der Waals surface area contributed by atoms with E-state index in [1.807, 2.05) is 13.0 Å². The molecule has 0 radical (unpaired) electrons. The summed E-state index contributed by atoms with van der Waals surface area (Å²) in [5.74, 6) is 3.41. The number of anilines is 3. The largest absolute Gasteiger partial charge is 0.355 e. The van der Waals surface area contributed by atoms with Crippen LogP contribution in [0.5, 0.6) is 0 Å². The summed E-state index contributed by atoms with van der Waals surface area (Å²) in [5, 5.41) is 3.19. The second-order valence-electron chi connectivity index (χ2n) is 5.96. The van der Waals surface area contributed by atoms with Gasteiger partial charge in [0.1, 0.15) is 23.3 Å².